The molecular weight excluding hydrogens is 227 g/mol. The summed E-state index contributed by atoms with van der Waals surface area (Å²) in [6.07, 6.45) is 1.85. The minimum atomic E-state index is -0.183. The van der Waals surface area contributed by atoms with Crippen molar-refractivity contribution < 1.29 is 0 Å². The van der Waals surface area contributed by atoms with E-state index in [4.69, 9.17) is 0 Å². The predicted octanol–water partition coefficient (Wildman–Crippen LogP) is 6.19. The molecule has 4 heterocycles. The summed E-state index contributed by atoms with van der Waals surface area (Å²) < 4.78 is 0. The molecule has 0 amide bonds. The molecule has 0 radical (unpaired) electrons. The van der Waals surface area contributed by atoms with Gasteiger partial charge in [0.05, 0.1) is 24.1 Å². The van der Waals surface area contributed by atoms with Crippen molar-refractivity contribution in [3.63, 3.8) is 0 Å². The molecule has 2 aromatic heterocycles. The van der Waals surface area contributed by atoms with Crippen LogP contribution in [0.2, 0.25) is 0 Å². The van der Waals surface area contributed by atoms with E-state index >= 15 is 0 Å². The Morgan fingerprint density at radius 1 is 0.818 bits per heavy atom. The maximum absolute atomic E-state index is 2.53. The standard InChI is InChI=1S/C6H14P5/c1-5(2)11(6(3)4)9-7-8(9)10(7)11/h5-6H,1-4H3/q+1. The van der Waals surface area contributed by atoms with Gasteiger partial charge >= 0.3 is 0 Å². The largest absolute Gasteiger partial charge is 0.122 e. The minimum absolute atomic E-state index is 0.183. The Balaban J connectivity index is 2.01. The minimum Gasteiger partial charge on any atom is -0.0273 e. The summed E-state index contributed by atoms with van der Waals surface area (Å²) in [5, 5.41) is 0. The van der Waals surface area contributed by atoms with Gasteiger partial charge in [-0.25, -0.2) is 0 Å². The van der Waals surface area contributed by atoms with Crippen LogP contribution in [0, 0.1) is 0 Å². The third-order valence-corrected chi connectivity index (χ3v) is 84.4. The van der Waals surface area contributed by atoms with Crippen LogP contribution in [0.3, 0.4) is 0 Å². The molecule has 11 heavy (non-hydrogen) atoms. The van der Waals surface area contributed by atoms with Crippen molar-refractivity contribution in [2.45, 2.75) is 39.0 Å². The van der Waals surface area contributed by atoms with Gasteiger partial charge in [-0.05, 0) is 27.7 Å². The van der Waals surface area contributed by atoms with Crippen LogP contribution in [0.25, 0.3) is 0 Å². The van der Waals surface area contributed by atoms with Crippen LogP contribution < -0.4 is 0 Å². The zero-order valence-corrected chi connectivity index (χ0v) is 11.9. The van der Waals surface area contributed by atoms with E-state index in [1.807, 2.05) is 0 Å². The molecule has 0 nitrogen and oxygen atoms in total. The number of rotatable bonds is 2. The van der Waals surface area contributed by atoms with Crippen LogP contribution in [-0.4, -0.2) is 11.3 Å². The van der Waals surface area contributed by atoms with Gasteiger partial charge in [-0.1, -0.05) is 0 Å². The second-order valence-corrected chi connectivity index (χ2v) is 40.3. The normalized spacial score (nSPS) is 27.8. The highest BCUT2D eigenvalue weighted by molar-refractivity contribution is 9.42. The first kappa shape index (κ1) is 7.98. The van der Waals surface area contributed by atoms with Crippen molar-refractivity contribution in [1.29, 1.82) is 0 Å². The highest BCUT2D eigenvalue weighted by Crippen LogP contribution is 3.43. The smallest absolute Gasteiger partial charge is 0.0273 e. The van der Waals surface area contributed by atoms with Gasteiger partial charge in [0.15, 0.2) is 0 Å². The van der Waals surface area contributed by atoms with Gasteiger partial charge < -0.3 is 0 Å². The van der Waals surface area contributed by atoms with Crippen molar-refractivity contribution in [3.8, 4) is 0 Å². The number of hydrogen-bond acceptors (Lipinski definition) is 0. The molecule has 4 rings (SSSR count). The van der Waals surface area contributed by atoms with Gasteiger partial charge in [0.2, 0.25) is 0 Å². The Kier molecular flexibility index (Phi) is 1.45. The maximum Gasteiger partial charge on any atom is 0.122 e. The van der Waals surface area contributed by atoms with E-state index in [1.165, 1.54) is 0 Å². The summed E-state index contributed by atoms with van der Waals surface area (Å²) in [5.74, 6) is 0. The molecule has 2 aliphatic rings. The summed E-state index contributed by atoms with van der Waals surface area (Å²) in [7, 11) is 0. The molecule has 2 aromatic rings. The number of hydrogen-bond donors (Lipinski definition) is 0. The SMILES string of the molecule is CC(C)[P+]1(C(C)C)p2p3p1p23. The lowest BCUT2D eigenvalue weighted by Crippen LogP contribution is -2.08. The van der Waals surface area contributed by atoms with Gasteiger partial charge in [0, 0.05) is 0 Å². The molecule has 5 heteroatoms. The van der Waals surface area contributed by atoms with Gasteiger partial charge in [0.25, 0.3) is 0 Å². The highest BCUT2D eigenvalue weighted by Gasteiger charge is 2.77. The fourth-order valence-corrected chi connectivity index (χ4v) is 151. The van der Waals surface area contributed by atoms with E-state index in [0.717, 1.165) is 37.2 Å². The van der Waals surface area contributed by atoms with Crippen molar-refractivity contribution in [2.24, 2.45) is 0 Å². The highest BCUT2D eigenvalue weighted by atomic mass is 33.4. The van der Waals surface area contributed by atoms with Gasteiger partial charge in [-0.2, -0.15) is 0 Å². The lowest BCUT2D eigenvalue weighted by Gasteiger charge is -2.36. The fraction of sp³-hybridized carbons (Fsp3) is 1.00. The molecule has 2 bridgehead atoms. The molecule has 0 unspecified atom stereocenters. The van der Waals surface area contributed by atoms with E-state index in [9.17, 15) is 0 Å². The summed E-state index contributed by atoms with van der Waals surface area (Å²) in [5.41, 5.74) is 2.28. The summed E-state index contributed by atoms with van der Waals surface area (Å²) in [6.45, 7) is 11.6. The van der Waals surface area contributed by atoms with E-state index < -0.39 is 0 Å². The Labute approximate surface area is 71.8 Å². The van der Waals surface area contributed by atoms with Crippen molar-refractivity contribution in [1.82, 2.24) is 0 Å². The second-order valence-electron chi connectivity index (χ2n) is 3.96. The topological polar surface area (TPSA) is 0 Å². The van der Waals surface area contributed by atoms with E-state index in [1.54, 1.807) is 0 Å². The average Bonchev–Trinajstić information content (AvgIpc) is 2.47. The summed E-state index contributed by atoms with van der Waals surface area (Å²) in [4.78, 5) is 0. The quantitative estimate of drug-likeness (QED) is 0.549. The molecule has 0 saturated heterocycles. The van der Waals surface area contributed by atoms with E-state index in [-0.39, 0.29) is 6.64 Å². The van der Waals surface area contributed by atoms with Gasteiger partial charge in [-0.3, -0.25) is 0 Å². The molecule has 0 N–H and O–H groups in total. The molecular formula is C6H14P5+. The van der Waals surface area contributed by atoms with Crippen molar-refractivity contribution in [3.05, 3.63) is 0 Å². The first-order valence-electron chi connectivity index (χ1n) is 4.23. The summed E-state index contributed by atoms with van der Waals surface area (Å²) in [6, 6.07) is 0. The maximum atomic E-state index is 2.53. The Morgan fingerprint density at radius 3 is 1.27 bits per heavy atom. The monoisotopic (exact) mass is 241 g/mol. The Hall–Kier alpha value is 1.63. The molecule has 0 fully saturated rings. The first-order valence-corrected chi connectivity index (χ1v) is 16.5. The van der Waals surface area contributed by atoms with Crippen LogP contribution in [0.5, 0.6) is 0 Å². The fourth-order valence-electron chi connectivity index (χ4n) is 2.27. The third kappa shape index (κ3) is 0.622. The van der Waals surface area contributed by atoms with E-state index in [2.05, 4.69) is 27.7 Å². The van der Waals surface area contributed by atoms with Crippen molar-refractivity contribution in [2.75, 3.05) is 0 Å². The van der Waals surface area contributed by atoms with E-state index in [0.29, 0.717) is 0 Å². The van der Waals surface area contributed by atoms with Crippen LogP contribution in [0.4, 0.5) is 0 Å². The van der Waals surface area contributed by atoms with Crippen LogP contribution in [0.15, 0.2) is 0 Å². The first-order chi connectivity index (χ1) is 5.13. The molecule has 2 aliphatic heterocycles. The molecule has 0 aromatic carbocycles. The van der Waals surface area contributed by atoms with Crippen molar-refractivity contribution >= 4 is 32.5 Å². The van der Waals surface area contributed by atoms with Gasteiger partial charge in [0.1, 0.15) is 19.8 Å². The second kappa shape index (κ2) is 2.00. The molecule has 62 valence electrons. The van der Waals surface area contributed by atoms with Gasteiger partial charge in [-0.15, -0.1) is 0 Å². The molecule has 0 spiro atoms. The predicted molar refractivity (Wildman–Crippen MR) is 64.9 cm³/mol. The lowest BCUT2D eigenvalue weighted by molar-refractivity contribution is 1.02. The Bertz CT molecular complexity index is 326. The molecule has 0 atom stereocenters. The molecule has 0 aliphatic carbocycles. The third-order valence-electron chi connectivity index (χ3n) is 2.83. The lowest BCUT2D eigenvalue weighted by atomic mass is 10.5. The Morgan fingerprint density at radius 2 is 1.18 bits per heavy atom. The summed E-state index contributed by atoms with van der Waals surface area (Å²) >= 11 is 0. The molecule has 0 saturated carbocycles. The van der Waals surface area contributed by atoms with Crippen LogP contribution in [-0.2, 0) is 0 Å². The average molecular weight is 241 g/mol. The van der Waals surface area contributed by atoms with Crippen LogP contribution in [0.1, 0.15) is 27.7 Å². The zero-order chi connectivity index (χ0) is 7.96. The van der Waals surface area contributed by atoms with Crippen LogP contribution >= 0.6 is 32.5 Å². The zero-order valence-electron chi connectivity index (χ0n) is 7.39.